The third kappa shape index (κ3) is 4.38. The van der Waals surface area contributed by atoms with Crippen molar-refractivity contribution in [1.82, 2.24) is 9.88 Å². The molecule has 0 aliphatic carbocycles. The SMILES string of the molecule is Cc1ccc2sc(N(CCCN(C)C)C(=O)C3Oc4ccccc4OC3C)nc2c1C. The topological polar surface area (TPSA) is 54.9 Å². The monoisotopic (exact) mass is 439 g/mol. The molecule has 1 amide bonds. The van der Waals surface area contributed by atoms with Gasteiger partial charge in [0.1, 0.15) is 6.10 Å². The largest absolute Gasteiger partial charge is 0.482 e. The lowest BCUT2D eigenvalue weighted by Gasteiger charge is -2.33. The Morgan fingerprint density at radius 3 is 2.48 bits per heavy atom. The average molecular weight is 440 g/mol. The fourth-order valence-corrected chi connectivity index (χ4v) is 4.78. The molecule has 7 heteroatoms. The first-order valence-electron chi connectivity index (χ1n) is 10.6. The molecule has 1 aromatic heterocycles. The Morgan fingerprint density at radius 1 is 1.06 bits per heavy atom. The number of hydrogen-bond donors (Lipinski definition) is 0. The summed E-state index contributed by atoms with van der Waals surface area (Å²) in [5.74, 6) is 1.15. The number of thiazole rings is 1. The third-order valence-electron chi connectivity index (χ3n) is 5.64. The van der Waals surface area contributed by atoms with Crippen molar-refractivity contribution in [3.05, 3.63) is 47.5 Å². The number of carbonyl (C=O) groups is 1. The highest BCUT2D eigenvalue weighted by Crippen LogP contribution is 2.36. The van der Waals surface area contributed by atoms with Gasteiger partial charge < -0.3 is 14.4 Å². The summed E-state index contributed by atoms with van der Waals surface area (Å²) in [5, 5.41) is 0.710. The molecule has 4 rings (SSSR count). The summed E-state index contributed by atoms with van der Waals surface area (Å²) in [7, 11) is 4.07. The average Bonchev–Trinajstić information content (AvgIpc) is 3.17. The van der Waals surface area contributed by atoms with E-state index in [0.29, 0.717) is 23.2 Å². The molecular weight excluding hydrogens is 410 g/mol. The molecule has 6 nitrogen and oxygen atoms in total. The molecule has 0 N–H and O–H groups in total. The first-order valence-corrected chi connectivity index (χ1v) is 11.4. The van der Waals surface area contributed by atoms with Gasteiger partial charge >= 0.3 is 0 Å². The van der Waals surface area contributed by atoms with E-state index in [4.69, 9.17) is 14.5 Å². The number of aromatic nitrogens is 1. The fourth-order valence-electron chi connectivity index (χ4n) is 3.72. The zero-order chi connectivity index (χ0) is 22.1. The maximum atomic E-state index is 13.7. The van der Waals surface area contributed by atoms with E-state index < -0.39 is 12.2 Å². The molecule has 31 heavy (non-hydrogen) atoms. The number of para-hydroxylation sites is 2. The maximum absolute atomic E-state index is 13.7. The van der Waals surface area contributed by atoms with Crippen LogP contribution in [0.15, 0.2) is 36.4 Å². The normalized spacial score (nSPS) is 17.9. The molecule has 0 saturated carbocycles. The van der Waals surface area contributed by atoms with E-state index in [9.17, 15) is 4.79 Å². The molecule has 0 saturated heterocycles. The number of rotatable bonds is 6. The molecule has 2 atom stereocenters. The Balaban J connectivity index is 1.66. The van der Waals surface area contributed by atoms with Crippen LogP contribution in [-0.2, 0) is 4.79 Å². The lowest BCUT2D eigenvalue weighted by atomic mass is 10.1. The number of nitrogens with zero attached hydrogens (tertiary/aromatic N) is 3. The highest BCUT2D eigenvalue weighted by atomic mass is 32.1. The molecule has 2 heterocycles. The second-order valence-electron chi connectivity index (χ2n) is 8.31. The van der Waals surface area contributed by atoms with Gasteiger partial charge in [-0.2, -0.15) is 0 Å². The zero-order valence-corrected chi connectivity index (χ0v) is 19.5. The van der Waals surface area contributed by atoms with Gasteiger partial charge in [0, 0.05) is 6.54 Å². The first-order chi connectivity index (χ1) is 14.8. The molecule has 3 aromatic rings. The minimum atomic E-state index is -0.718. The molecule has 0 spiro atoms. The van der Waals surface area contributed by atoms with Gasteiger partial charge in [0.2, 0.25) is 6.10 Å². The maximum Gasteiger partial charge on any atom is 0.273 e. The summed E-state index contributed by atoms with van der Waals surface area (Å²) in [6.45, 7) is 7.50. The van der Waals surface area contributed by atoms with Gasteiger partial charge in [-0.25, -0.2) is 4.98 Å². The van der Waals surface area contributed by atoms with E-state index in [-0.39, 0.29) is 5.91 Å². The Bertz CT molecular complexity index is 1090. The van der Waals surface area contributed by atoms with E-state index in [1.165, 1.54) is 5.56 Å². The van der Waals surface area contributed by atoms with Gasteiger partial charge in [-0.15, -0.1) is 0 Å². The van der Waals surface area contributed by atoms with E-state index >= 15 is 0 Å². The number of hydrogen-bond acceptors (Lipinski definition) is 6. The van der Waals surface area contributed by atoms with E-state index in [0.717, 1.165) is 28.7 Å². The molecule has 0 radical (unpaired) electrons. The Labute approximate surface area is 187 Å². The molecule has 0 fully saturated rings. The summed E-state index contributed by atoms with van der Waals surface area (Å²) in [4.78, 5) is 22.5. The van der Waals surface area contributed by atoms with Crippen molar-refractivity contribution in [3.8, 4) is 11.5 Å². The van der Waals surface area contributed by atoms with Crippen molar-refractivity contribution in [3.63, 3.8) is 0 Å². The standard InChI is InChI=1S/C24H29N3O3S/c1-15-11-12-20-21(16(15)2)25-24(31-20)27(14-8-13-26(4)5)23(28)22-17(3)29-18-9-6-7-10-19(18)30-22/h6-7,9-12,17,22H,8,13-14H2,1-5H3. The van der Waals surface area contributed by atoms with E-state index in [2.05, 4.69) is 30.9 Å². The van der Waals surface area contributed by atoms with Crippen molar-refractivity contribution in [2.75, 3.05) is 32.1 Å². The van der Waals surface area contributed by atoms with Crippen molar-refractivity contribution in [1.29, 1.82) is 0 Å². The highest BCUT2D eigenvalue weighted by Gasteiger charge is 2.38. The number of aryl methyl sites for hydroxylation is 2. The smallest absolute Gasteiger partial charge is 0.273 e. The van der Waals surface area contributed by atoms with Crippen LogP contribution < -0.4 is 14.4 Å². The summed E-state index contributed by atoms with van der Waals surface area (Å²) >= 11 is 1.55. The molecule has 1 aliphatic rings. The van der Waals surface area contributed by atoms with Crippen LogP contribution in [0.5, 0.6) is 11.5 Å². The number of anilines is 1. The van der Waals surface area contributed by atoms with Gasteiger partial charge in [-0.1, -0.05) is 29.5 Å². The van der Waals surface area contributed by atoms with Gasteiger partial charge in [-0.3, -0.25) is 9.69 Å². The fraction of sp³-hybridized carbons (Fsp3) is 0.417. The minimum Gasteiger partial charge on any atom is -0.482 e. The van der Waals surface area contributed by atoms with Gasteiger partial charge in [0.15, 0.2) is 16.6 Å². The van der Waals surface area contributed by atoms with Crippen LogP contribution in [0.4, 0.5) is 5.13 Å². The number of fused-ring (bicyclic) bond motifs is 2. The number of benzene rings is 2. The highest BCUT2D eigenvalue weighted by molar-refractivity contribution is 7.22. The van der Waals surface area contributed by atoms with Gasteiger partial charge in [-0.05, 0) is 77.2 Å². The minimum absolute atomic E-state index is 0.116. The van der Waals surface area contributed by atoms with Crippen LogP contribution in [0, 0.1) is 13.8 Å². The molecule has 0 bridgehead atoms. The van der Waals surface area contributed by atoms with Crippen LogP contribution in [0.25, 0.3) is 10.2 Å². The molecular formula is C24H29N3O3S. The predicted molar refractivity (Wildman–Crippen MR) is 126 cm³/mol. The van der Waals surface area contributed by atoms with E-state index in [1.54, 1.807) is 16.2 Å². The van der Waals surface area contributed by atoms with Gasteiger partial charge in [0.05, 0.1) is 10.2 Å². The van der Waals surface area contributed by atoms with E-state index in [1.807, 2.05) is 45.3 Å². The summed E-state index contributed by atoms with van der Waals surface area (Å²) < 4.78 is 13.2. The second-order valence-corrected chi connectivity index (χ2v) is 9.31. The van der Waals surface area contributed by atoms with Crippen molar-refractivity contribution in [2.24, 2.45) is 0 Å². The number of ether oxygens (including phenoxy) is 2. The Kier molecular flexibility index (Phi) is 6.16. The van der Waals surface area contributed by atoms with Crippen molar-refractivity contribution in [2.45, 2.75) is 39.4 Å². The lowest BCUT2D eigenvalue weighted by molar-refractivity contribution is -0.130. The van der Waals surface area contributed by atoms with Crippen molar-refractivity contribution < 1.29 is 14.3 Å². The molecule has 2 unspecified atom stereocenters. The first kappa shape index (κ1) is 21.6. The van der Waals surface area contributed by atoms with Crippen molar-refractivity contribution >= 4 is 32.6 Å². The number of carbonyl (C=O) groups excluding carboxylic acids is 1. The van der Waals surface area contributed by atoms with Crippen LogP contribution in [0.1, 0.15) is 24.5 Å². The summed E-state index contributed by atoms with van der Waals surface area (Å²) in [6, 6.07) is 11.7. The van der Waals surface area contributed by atoms with Gasteiger partial charge in [0.25, 0.3) is 5.91 Å². The Hall–Kier alpha value is -2.64. The molecule has 164 valence electrons. The summed E-state index contributed by atoms with van der Waals surface area (Å²) in [5.41, 5.74) is 3.31. The Morgan fingerprint density at radius 2 is 1.77 bits per heavy atom. The predicted octanol–water partition coefficient (Wildman–Crippen LogP) is 4.43. The molecule has 2 aromatic carbocycles. The van der Waals surface area contributed by atoms with Crippen LogP contribution in [-0.4, -0.2) is 55.2 Å². The van der Waals surface area contributed by atoms with Crippen LogP contribution >= 0.6 is 11.3 Å². The lowest BCUT2D eigenvalue weighted by Crippen LogP contribution is -2.51. The zero-order valence-electron chi connectivity index (χ0n) is 18.7. The number of amides is 1. The molecule has 1 aliphatic heterocycles. The summed E-state index contributed by atoms with van der Waals surface area (Å²) in [6.07, 6.45) is -0.271. The third-order valence-corrected chi connectivity index (χ3v) is 6.69. The quantitative estimate of drug-likeness (QED) is 0.569. The van der Waals surface area contributed by atoms with Crippen LogP contribution in [0.2, 0.25) is 0 Å². The second kappa shape index (κ2) is 8.85. The van der Waals surface area contributed by atoms with Crippen LogP contribution in [0.3, 0.4) is 0 Å².